The molecule has 0 bridgehead atoms. The van der Waals surface area contributed by atoms with Crippen LogP contribution in [-0.4, -0.2) is 33.5 Å². The molecular formula is C12H18N2O3. The number of hydrogen-bond donors (Lipinski definition) is 1. The van der Waals surface area contributed by atoms with Crippen LogP contribution in [0.5, 0.6) is 0 Å². The molecule has 17 heavy (non-hydrogen) atoms. The molecule has 1 fully saturated rings. The Kier molecular flexibility index (Phi) is 3.47. The molecule has 2 heterocycles. The summed E-state index contributed by atoms with van der Waals surface area (Å²) in [5.41, 5.74) is -0.00530. The third-order valence-electron chi connectivity index (χ3n) is 3.23. The van der Waals surface area contributed by atoms with E-state index >= 15 is 0 Å². The minimum atomic E-state index is -1.04. The van der Waals surface area contributed by atoms with Gasteiger partial charge in [0.15, 0.2) is 5.69 Å². The van der Waals surface area contributed by atoms with Crippen molar-refractivity contribution in [2.75, 3.05) is 6.54 Å². The molecule has 0 amide bonds. The van der Waals surface area contributed by atoms with E-state index in [1.807, 2.05) is 0 Å². The van der Waals surface area contributed by atoms with Crippen molar-refractivity contribution in [2.45, 2.75) is 45.2 Å². The number of nitrogens with zero attached hydrogens (tertiary/aromatic N) is 2. The van der Waals surface area contributed by atoms with E-state index in [4.69, 9.17) is 9.52 Å². The Bertz CT molecular complexity index is 400. The van der Waals surface area contributed by atoms with Gasteiger partial charge in [0, 0.05) is 6.04 Å². The summed E-state index contributed by atoms with van der Waals surface area (Å²) in [5, 5.41) is 8.84. The van der Waals surface area contributed by atoms with E-state index in [-0.39, 0.29) is 11.7 Å². The number of hydrogen-bond acceptors (Lipinski definition) is 4. The number of carbonyl (C=O) groups is 1. The van der Waals surface area contributed by atoms with Crippen molar-refractivity contribution in [2.24, 2.45) is 0 Å². The second-order valence-electron chi connectivity index (χ2n) is 4.72. The van der Waals surface area contributed by atoms with Gasteiger partial charge in [-0.05, 0) is 33.2 Å². The van der Waals surface area contributed by atoms with Crippen LogP contribution in [0.1, 0.15) is 55.5 Å². The molecule has 1 N–H and O–H groups in total. The Morgan fingerprint density at radius 2 is 2.35 bits per heavy atom. The molecule has 1 aliphatic rings. The molecule has 1 saturated heterocycles. The largest absolute Gasteiger partial charge is 0.476 e. The van der Waals surface area contributed by atoms with Gasteiger partial charge >= 0.3 is 5.97 Å². The number of carboxylic acid groups (broad SMARTS) is 1. The molecule has 1 aromatic heterocycles. The normalized spacial score (nSPS) is 21.9. The third kappa shape index (κ3) is 2.49. The minimum Gasteiger partial charge on any atom is -0.476 e. The van der Waals surface area contributed by atoms with E-state index in [0.29, 0.717) is 11.9 Å². The highest BCUT2D eigenvalue weighted by Crippen LogP contribution is 2.31. The van der Waals surface area contributed by atoms with E-state index in [9.17, 15) is 4.79 Å². The van der Waals surface area contributed by atoms with Crippen molar-refractivity contribution in [3.8, 4) is 0 Å². The Morgan fingerprint density at radius 3 is 2.94 bits per heavy atom. The second-order valence-corrected chi connectivity index (χ2v) is 4.72. The quantitative estimate of drug-likeness (QED) is 0.875. The van der Waals surface area contributed by atoms with Gasteiger partial charge in [-0.3, -0.25) is 4.90 Å². The van der Waals surface area contributed by atoms with Gasteiger partial charge in [-0.1, -0.05) is 6.42 Å². The van der Waals surface area contributed by atoms with Crippen molar-refractivity contribution in [3.05, 3.63) is 17.8 Å². The topological polar surface area (TPSA) is 66.6 Å². The van der Waals surface area contributed by atoms with Crippen LogP contribution in [-0.2, 0) is 0 Å². The molecule has 94 valence electrons. The highest BCUT2D eigenvalue weighted by Gasteiger charge is 2.30. The minimum absolute atomic E-state index is 0.00530. The van der Waals surface area contributed by atoms with Crippen LogP contribution >= 0.6 is 0 Å². The molecule has 0 aliphatic carbocycles. The first-order valence-electron chi connectivity index (χ1n) is 6.04. The van der Waals surface area contributed by atoms with Crippen LogP contribution < -0.4 is 0 Å². The summed E-state index contributed by atoms with van der Waals surface area (Å²) in [6, 6.07) is 0.539. The smallest absolute Gasteiger partial charge is 0.357 e. The number of oxazole rings is 1. The van der Waals surface area contributed by atoms with E-state index in [2.05, 4.69) is 23.7 Å². The first kappa shape index (κ1) is 12.1. The maximum Gasteiger partial charge on any atom is 0.357 e. The lowest BCUT2D eigenvalue weighted by Crippen LogP contribution is -2.38. The maximum absolute atomic E-state index is 10.8. The predicted molar refractivity (Wildman–Crippen MR) is 61.9 cm³/mol. The first-order valence-corrected chi connectivity index (χ1v) is 6.04. The summed E-state index contributed by atoms with van der Waals surface area (Å²) in [6.45, 7) is 5.30. The lowest BCUT2D eigenvalue weighted by molar-refractivity contribution is 0.0689. The monoisotopic (exact) mass is 238 g/mol. The lowest BCUT2D eigenvalue weighted by Gasteiger charge is -2.36. The lowest BCUT2D eigenvalue weighted by atomic mass is 10.0. The van der Waals surface area contributed by atoms with Crippen LogP contribution in [0.4, 0.5) is 0 Å². The molecule has 1 unspecified atom stereocenters. The van der Waals surface area contributed by atoms with Crippen molar-refractivity contribution in [3.63, 3.8) is 0 Å². The van der Waals surface area contributed by atoms with Crippen molar-refractivity contribution in [1.82, 2.24) is 9.88 Å². The fraction of sp³-hybridized carbons (Fsp3) is 0.667. The zero-order valence-electron chi connectivity index (χ0n) is 10.2. The third-order valence-corrected chi connectivity index (χ3v) is 3.23. The van der Waals surface area contributed by atoms with Crippen molar-refractivity contribution >= 4 is 5.97 Å². The average molecular weight is 238 g/mol. The fourth-order valence-corrected chi connectivity index (χ4v) is 2.38. The van der Waals surface area contributed by atoms with Gasteiger partial charge in [-0.2, -0.15) is 0 Å². The zero-order valence-corrected chi connectivity index (χ0v) is 10.2. The van der Waals surface area contributed by atoms with Gasteiger partial charge < -0.3 is 9.52 Å². The Hall–Kier alpha value is -1.36. The van der Waals surface area contributed by atoms with Crippen LogP contribution in [0.2, 0.25) is 0 Å². The van der Waals surface area contributed by atoms with Gasteiger partial charge in [0.25, 0.3) is 0 Å². The summed E-state index contributed by atoms with van der Waals surface area (Å²) in [7, 11) is 0. The van der Waals surface area contributed by atoms with Crippen molar-refractivity contribution in [1.29, 1.82) is 0 Å². The molecule has 0 radical (unpaired) electrons. The number of aromatic carboxylic acids is 1. The van der Waals surface area contributed by atoms with E-state index in [1.54, 1.807) is 0 Å². The van der Waals surface area contributed by atoms with Gasteiger partial charge in [-0.25, -0.2) is 9.78 Å². The molecule has 0 aromatic carbocycles. The highest BCUT2D eigenvalue weighted by atomic mass is 16.4. The van der Waals surface area contributed by atoms with Crippen LogP contribution in [0.3, 0.4) is 0 Å². The highest BCUT2D eigenvalue weighted by molar-refractivity contribution is 5.84. The second kappa shape index (κ2) is 4.87. The molecule has 1 aliphatic heterocycles. The summed E-state index contributed by atoms with van der Waals surface area (Å²) in [4.78, 5) is 17.2. The number of likely N-dealkylation sites (tertiary alicyclic amines) is 1. The number of aromatic nitrogens is 1. The summed E-state index contributed by atoms with van der Waals surface area (Å²) in [6.07, 6.45) is 4.53. The molecule has 5 heteroatoms. The molecular weight excluding hydrogens is 220 g/mol. The molecule has 1 atom stereocenters. The average Bonchev–Trinajstić information content (AvgIpc) is 2.78. The van der Waals surface area contributed by atoms with E-state index < -0.39 is 5.97 Å². The SMILES string of the molecule is CC(C)N1CCCCC1c1nc(C(=O)O)co1. The fourth-order valence-electron chi connectivity index (χ4n) is 2.38. The number of rotatable bonds is 3. The summed E-state index contributed by atoms with van der Waals surface area (Å²) < 4.78 is 5.31. The van der Waals surface area contributed by atoms with Crippen LogP contribution in [0.15, 0.2) is 10.7 Å². The maximum atomic E-state index is 10.8. The summed E-state index contributed by atoms with van der Waals surface area (Å²) >= 11 is 0. The van der Waals surface area contributed by atoms with Gasteiger partial charge in [0.1, 0.15) is 6.26 Å². The molecule has 0 saturated carbocycles. The van der Waals surface area contributed by atoms with Crippen LogP contribution in [0, 0.1) is 0 Å². The van der Waals surface area contributed by atoms with Crippen LogP contribution in [0.25, 0.3) is 0 Å². The first-order chi connectivity index (χ1) is 8.09. The Labute approximate surface area is 100 Å². The molecule has 0 spiro atoms. The zero-order chi connectivity index (χ0) is 12.4. The van der Waals surface area contributed by atoms with Crippen molar-refractivity contribution < 1.29 is 14.3 Å². The summed E-state index contributed by atoms with van der Waals surface area (Å²) in [5.74, 6) is -0.497. The molecule has 2 rings (SSSR count). The molecule has 5 nitrogen and oxygen atoms in total. The standard InChI is InChI=1S/C12H18N2O3/c1-8(2)14-6-4-3-5-10(14)11-13-9(7-17-11)12(15)16/h7-8,10H,3-6H2,1-2H3,(H,15,16). The van der Waals surface area contributed by atoms with E-state index in [1.165, 1.54) is 12.7 Å². The Morgan fingerprint density at radius 1 is 1.59 bits per heavy atom. The van der Waals surface area contributed by atoms with Gasteiger partial charge in [-0.15, -0.1) is 0 Å². The Balaban J connectivity index is 2.20. The number of piperidine rings is 1. The molecule has 1 aromatic rings. The van der Waals surface area contributed by atoms with E-state index in [0.717, 1.165) is 19.4 Å². The predicted octanol–water partition coefficient (Wildman–Crippen LogP) is 2.31. The van der Waals surface area contributed by atoms with Gasteiger partial charge in [0.2, 0.25) is 5.89 Å². The van der Waals surface area contributed by atoms with Gasteiger partial charge in [0.05, 0.1) is 6.04 Å². The number of carboxylic acids is 1.